The van der Waals surface area contributed by atoms with Gasteiger partial charge in [-0.15, -0.1) is 0 Å². The number of unbranched alkanes of at least 4 members (excludes halogenated alkanes) is 3. The Labute approximate surface area is 150 Å². The molecule has 0 spiro atoms. The van der Waals surface area contributed by atoms with Crippen LogP contribution in [0.1, 0.15) is 64.7 Å². The van der Waals surface area contributed by atoms with E-state index in [0.29, 0.717) is 12.3 Å². The summed E-state index contributed by atoms with van der Waals surface area (Å²) >= 11 is 0. The van der Waals surface area contributed by atoms with Crippen molar-refractivity contribution >= 4 is 5.97 Å². The van der Waals surface area contributed by atoms with Crippen molar-refractivity contribution in [3.05, 3.63) is 24.3 Å². The summed E-state index contributed by atoms with van der Waals surface area (Å²) in [5.74, 6) is -0.363. The lowest BCUT2D eigenvalue weighted by atomic mass is 9.89. The van der Waals surface area contributed by atoms with Crippen LogP contribution in [0.25, 0.3) is 0 Å². The standard InChI is InChI=1S/C20H32O5/c1-2-3-6-9-15(21)12-13-17-16(18-14-19(17)25-24-18)10-7-4-5-8-11-20(22)23/h4,7,12-13,15-19,21H,2-3,5-6,8-11,14H2,1H3,(H,22,23)/p-1/b7-4-,13-12+/t15-,16+,17+,18-,19+/m0/s1. The van der Waals surface area contributed by atoms with Gasteiger partial charge < -0.3 is 15.0 Å². The predicted molar refractivity (Wildman–Crippen MR) is 93.2 cm³/mol. The highest BCUT2D eigenvalue weighted by Gasteiger charge is 2.49. The number of aliphatic carboxylic acids is 1. The number of allylic oxidation sites excluding steroid dienone is 2. The maximum Gasteiger partial charge on any atom is 0.102 e. The Morgan fingerprint density at radius 1 is 1.24 bits per heavy atom. The summed E-state index contributed by atoms with van der Waals surface area (Å²) in [6.07, 6.45) is 15.4. The molecule has 0 aromatic carbocycles. The van der Waals surface area contributed by atoms with Crippen molar-refractivity contribution in [1.29, 1.82) is 0 Å². The zero-order valence-corrected chi connectivity index (χ0v) is 15.1. The number of hydrogen-bond donors (Lipinski definition) is 1. The van der Waals surface area contributed by atoms with Crippen LogP contribution in [-0.4, -0.2) is 29.4 Å². The lowest BCUT2D eigenvalue weighted by Gasteiger charge is -2.27. The maximum absolute atomic E-state index is 10.4. The third-order valence-corrected chi connectivity index (χ3v) is 5.15. The van der Waals surface area contributed by atoms with Crippen molar-refractivity contribution in [3.63, 3.8) is 0 Å². The van der Waals surface area contributed by atoms with Gasteiger partial charge in [0, 0.05) is 24.2 Å². The van der Waals surface area contributed by atoms with E-state index in [2.05, 4.69) is 19.1 Å². The summed E-state index contributed by atoms with van der Waals surface area (Å²) in [5.41, 5.74) is 0. The molecule has 2 aliphatic rings. The molecule has 142 valence electrons. The summed E-state index contributed by atoms with van der Waals surface area (Å²) < 4.78 is 0. The highest BCUT2D eigenvalue weighted by molar-refractivity contribution is 5.64. The number of aliphatic hydroxyl groups excluding tert-OH is 1. The summed E-state index contributed by atoms with van der Waals surface area (Å²) in [5, 5.41) is 20.5. The molecule has 5 atom stereocenters. The summed E-state index contributed by atoms with van der Waals surface area (Å²) in [4.78, 5) is 21.1. The van der Waals surface area contributed by atoms with Crippen molar-refractivity contribution in [2.24, 2.45) is 11.8 Å². The van der Waals surface area contributed by atoms with E-state index in [1.165, 1.54) is 0 Å². The van der Waals surface area contributed by atoms with Gasteiger partial charge in [-0.25, -0.2) is 9.78 Å². The molecule has 0 unspecified atom stereocenters. The van der Waals surface area contributed by atoms with E-state index in [1.54, 1.807) is 0 Å². The van der Waals surface area contributed by atoms with Crippen molar-refractivity contribution < 1.29 is 24.8 Å². The number of carboxylic acids is 1. The van der Waals surface area contributed by atoms with Gasteiger partial charge in [-0.2, -0.15) is 0 Å². The van der Waals surface area contributed by atoms with E-state index in [-0.39, 0.29) is 30.7 Å². The van der Waals surface area contributed by atoms with E-state index >= 15 is 0 Å². The molecule has 1 aliphatic heterocycles. The third kappa shape index (κ3) is 6.57. The van der Waals surface area contributed by atoms with Crippen molar-refractivity contribution in [2.75, 3.05) is 0 Å². The van der Waals surface area contributed by atoms with Crippen LogP contribution in [0.3, 0.4) is 0 Å². The van der Waals surface area contributed by atoms with Crippen LogP contribution in [0.5, 0.6) is 0 Å². The third-order valence-electron chi connectivity index (χ3n) is 5.15. The molecule has 0 aromatic rings. The molecule has 25 heavy (non-hydrogen) atoms. The van der Waals surface area contributed by atoms with Gasteiger partial charge in [-0.3, -0.25) is 0 Å². The molecule has 5 heteroatoms. The fraction of sp³-hybridized carbons (Fsp3) is 0.750. The van der Waals surface area contributed by atoms with E-state index in [1.807, 2.05) is 12.2 Å². The van der Waals surface area contributed by atoms with Gasteiger partial charge in [0.1, 0.15) is 6.10 Å². The molecular formula is C20H31O5-. The average Bonchev–Trinajstić information content (AvgIpc) is 3.17. The minimum absolute atomic E-state index is 0.0839. The van der Waals surface area contributed by atoms with Crippen LogP contribution in [0.15, 0.2) is 24.3 Å². The normalized spacial score (nSPS) is 29.8. The number of hydrogen-bond acceptors (Lipinski definition) is 5. The van der Waals surface area contributed by atoms with Crippen LogP contribution in [0, 0.1) is 11.8 Å². The number of fused-ring (bicyclic) bond motifs is 2. The van der Waals surface area contributed by atoms with Crippen LogP contribution in [-0.2, 0) is 14.6 Å². The highest BCUT2D eigenvalue weighted by atomic mass is 17.2. The summed E-state index contributed by atoms with van der Waals surface area (Å²) in [7, 11) is 0. The van der Waals surface area contributed by atoms with Crippen molar-refractivity contribution in [3.8, 4) is 0 Å². The predicted octanol–water partition coefficient (Wildman–Crippen LogP) is 2.69. The van der Waals surface area contributed by atoms with Gasteiger partial charge in [-0.1, -0.05) is 50.5 Å². The Hall–Kier alpha value is -1.17. The first kappa shape index (κ1) is 20.1. The zero-order chi connectivity index (χ0) is 18.1. The highest BCUT2D eigenvalue weighted by Crippen LogP contribution is 2.44. The van der Waals surface area contributed by atoms with Crippen LogP contribution < -0.4 is 5.11 Å². The molecule has 2 fully saturated rings. The Morgan fingerprint density at radius 3 is 2.80 bits per heavy atom. The minimum Gasteiger partial charge on any atom is -0.550 e. The van der Waals surface area contributed by atoms with Gasteiger partial charge >= 0.3 is 0 Å². The first-order valence-electron chi connectivity index (χ1n) is 9.65. The average molecular weight is 351 g/mol. The smallest absolute Gasteiger partial charge is 0.102 e. The molecule has 1 saturated heterocycles. The zero-order valence-electron chi connectivity index (χ0n) is 15.1. The summed E-state index contributed by atoms with van der Waals surface area (Å²) in [6, 6.07) is 0. The number of aliphatic hydroxyl groups is 1. The molecule has 1 aliphatic carbocycles. The molecule has 2 bridgehead atoms. The number of rotatable bonds is 12. The summed E-state index contributed by atoms with van der Waals surface area (Å²) in [6.45, 7) is 2.16. The van der Waals surface area contributed by atoms with Crippen molar-refractivity contribution in [1.82, 2.24) is 0 Å². The van der Waals surface area contributed by atoms with Crippen LogP contribution in [0.4, 0.5) is 0 Å². The monoisotopic (exact) mass is 351 g/mol. The Bertz CT molecular complexity index is 459. The second-order valence-corrected chi connectivity index (χ2v) is 7.17. The number of carbonyl (C=O) groups is 1. The first-order chi connectivity index (χ1) is 12.1. The van der Waals surface area contributed by atoms with Crippen LogP contribution >= 0.6 is 0 Å². The van der Waals surface area contributed by atoms with Gasteiger partial charge in [0.2, 0.25) is 0 Å². The molecule has 0 aromatic heterocycles. The fourth-order valence-electron chi connectivity index (χ4n) is 3.71. The van der Waals surface area contributed by atoms with Crippen LogP contribution in [0.2, 0.25) is 0 Å². The van der Waals surface area contributed by atoms with Gasteiger partial charge in [0.05, 0.1) is 12.2 Å². The topological polar surface area (TPSA) is 78.8 Å². The van der Waals surface area contributed by atoms with E-state index in [9.17, 15) is 15.0 Å². The van der Waals surface area contributed by atoms with Gasteiger partial charge in [0.15, 0.2) is 0 Å². The molecule has 1 N–H and O–H groups in total. The first-order valence-corrected chi connectivity index (χ1v) is 9.65. The Morgan fingerprint density at radius 2 is 2.04 bits per heavy atom. The minimum atomic E-state index is -0.991. The number of carboxylic acid groups (broad SMARTS) is 1. The molecule has 2 rings (SSSR count). The molecule has 5 nitrogen and oxygen atoms in total. The molecule has 0 amide bonds. The molecular weight excluding hydrogens is 320 g/mol. The SMILES string of the molecule is CCCCC[C@H](O)/C=C/[C@@H]1[C@@H](C/C=C\CCCC(=O)[O-])[C@@H]2C[C@H]1OO2. The lowest BCUT2D eigenvalue weighted by Crippen LogP contribution is -2.28. The molecule has 0 radical (unpaired) electrons. The fourth-order valence-corrected chi connectivity index (χ4v) is 3.71. The molecule has 1 heterocycles. The number of carbonyl (C=O) groups excluding carboxylic acids is 1. The van der Waals surface area contributed by atoms with Gasteiger partial charge in [0.25, 0.3) is 0 Å². The van der Waals surface area contributed by atoms with E-state index in [4.69, 9.17) is 9.78 Å². The maximum atomic E-state index is 10.4. The van der Waals surface area contributed by atoms with Gasteiger partial charge in [-0.05, 0) is 32.1 Å². The molecule has 1 saturated carbocycles. The van der Waals surface area contributed by atoms with E-state index in [0.717, 1.165) is 44.9 Å². The quantitative estimate of drug-likeness (QED) is 0.332. The van der Waals surface area contributed by atoms with E-state index < -0.39 is 5.97 Å². The lowest BCUT2D eigenvalue weighted by molar-refractivity contribution is -0.336. The second-order valence-electron chi connectivity index (χ2n) is 7.17. The Balaban J connectivity index is 1.78. The largest absolute Gasteiger partial charge is 0.550 e. The second kappa shape index (κ2) is 10.7. The van der Waals surface area contributed by atoms with Crippen molar-refractivity contribution in [2.45, 2.75) is 83.0 Å². The Kier molecular flexibility index (Phi) is 8.65.